The smallest absolute Gasteiger partial charge is 0.270 e. The third-order valence-electron chi connectivity index (χ3n) is 2.97. The van der Waals surface area contributed by atoms with Crippen LogP contribution in [-0.4, -0.2) is 15.8 Å². The number of oxazole rings is 1. The van der Waals surface area contributed by atoms with Crippen LogP contribution in [0.5, 0.6) is 0 Å². The van der Waals surface area contributed by atoms with Crippen molar-refractivity contribution in [1.82, 2.24) is 10.3 Å². The number of rotatable bonds is 4. The summed E-state index contributed by atoms with van der Waals surface area (Å²) in [7, 11) is 0. The number of nitrogen functional groups attached to an aromatic ring is 1. The molecule has 0 atom stereocenters. The number of carbonyl (C=O) groups is 1. The lowest BCUT2D eigenvalue weighted by molar-refractivity contribution is -0.384. The van der Waals surface area contributed by atoms with Crippen LogP contribution >= 0.6 is 0 Å². The maximum atomic E-state index is 12.0. The molecule has 0 spiro atoms. The van der Waals surface area contributed by atoms with Gasteiger partial charge in [-0.25, -0.2) is 4.98 Å². The van der Waals surface area contributed by atoms with Crippen LogP contribution in [-0.2, 0) is 6.54 Å². The van der Waals surface area contributed by atoms with Gasteiger partial charge in [0, 0.05) is 17.8 Å². The number of non-ortho nitro benzene ring substituents is 1. The van der Waals surface area contributed by atoms with E-state index >= 15 is 0 Å². The van der Waals surface area contributed by atoms with Crippen LogP contribution in [0.3, 0.4) is 0 Å². The third-order valence-corrected chi connectivity index (χ3v) is 2.97. The third kappa shape index (κ3) is 3.16. The highest BCUT2D eigenvalue weighted by Crippen LogP contribution is 2.19. The minimum Gasteiger partial charge on any atom is -0.444 e. The van der Waals surface area contributed by atoms with E-state index in [1.165, 1.54) is 12.1 Å². The summed E-state index contributed by atoms with van der Waals surface area (Å²) in [6.07, 6.45) is 0. The lowest BCUT2D eigenvalue weighted by atomic mass is 10.1. The van der Waals surface area contributed by atoms with Gasteiger partial charge >= 0.3 is 0 Å². The Morgan fingerprint density at radius 1 is 1.48 bits per heavy atom. The summed E-state index contributed by atoms with van der Waals surface area (Å²) < 4.78 is 5.33. The van der Waals surface area contributed by atoms with Crippen molar-refractivity contribution in [2.45, 2.75) is 20.4 Å². The van der Waals surface area contributed by atoms with Gasteiger partial charge in [-0.3, -0.25) is 14.9 Å². The molecule has 1 heterocycles. The monoisotopic (exact) mass is 290 g/mol. The molecular weight excluding hydrogens is 276 g/mol. The Balaban J connectivity index is 2.13. The number of amides is 1. The first-order valence-electron chi connectivity index (χ1n) is 6.13. The highest BCUT2D eigenvalue weighted by molar-refractivity contribution is 5.99. The molecule has 0 aliphatic carbocycles. The number of aryl methyl sites for hydroxylation is 2. The molecular formula is C13H14N4O4. The van der Waals surface area contributed by atoms with Gasteiger partial charge in [-0.1, -0.05) is 0 Å². The number of nitro groups is 1. The highest BCUT2D eigenvalue weighted by atomic mass is 16.6. The molecule has 0 radical (unpaired) electrons. The van der Waals surface area contributed by atoms with E-state index in [0.717, 1.165) is 11.8 Å². The summed E-state index contributed by atoms with van der Waals surface area (Å²) in [6, 6.07) is 3.70. The molecule has 0 saturated heterocycles. The standard InChI is InChI=1S/C13H14N4O4/c1-7-8(2)21-12(16-7)6-15-13(18)10-5-9(17(19)20)3-4-11(10)14/h3-5H,6,14H2,1-2H3,(H,15,18). The number of nitrogens with zero attached hydrogens (tertiary/aromatic N) is 2. The lowest BCUT2D eigenvalue weighted by Crippen LogP contribution is -2.24. The molecule has 110 valence electrons. The second-order valence-electron chi connectivity index (χ2n) is 4.46. The second kappa shape index (κ2) is 5.61. The molecule has 0 saturated carbocycles. The fourth-order valence-corrected chi connectivity index (χ4v) is 1.72. The molecule has 0 aliphatic heterocycles. The minimum absolute atomic E-state index is 0.0456. The Bertz CT molecular complexity index is 689. The molecule has 21 heavy (non-hydrogen) atoms. The van der Waals surface area contributed by atoms with E-state index in [-0.39, 0.29) is 23.5 Å². The fraction of sp³-hybridized carbons (Fsp3) is 0.231. The molecule has 8 nitrogen and oxygen atoms in total. The van der Waals surface area contributed by atoms with Crippen molar-refractivity contribution in [3.8, 4) is 0 Å². The van der Waals surface area contributed by atoms with Crippen molar-refractivity contribution in [1.29, 1.82) is 0 Å². The van der Waals surface area contributed by atoms with E-state index in [0.29, 0.717) is 11.7 Å². The second-order valence-corrected chi connectivity index (χ2v) is 4.46. The molecule has 2 aromatic rings. The van der Waals surface area contributed by atoms with Gasteiger partial charge in [-0.05, 0) is 19.9 Å². The van der Waals surface area contributed by atoms with Gasteiger partial charge in [0.15, 0.2) is 0 Å². The summed E-state index contributed by atoms with van der Waals surface area (Å²) in [5.41, 5.74) is 6.42. The van der Waals surface area contributed by atoms with E-state index in [9.17, 15) is 14.9 Å². The van der Waals surface area contributed by atoms with Crippen molar-refractivity contribution < 1.29 is 14.1 Å². The van der Waals surface area contributed by atoms with E-state index in [2.05, 4.69) is 10.3 Å². The van der Waals surface area contributed by atoms with Gasteiger partial charge in [-0.2, -0.15) is 0 Å². The Kier molecular flexibility index (Phi) is 3.88. The number of nitro benzene ring substituents is 1. The number of benzene rings is 1. The Morgan fingerprint density at radius 2 is 2.19 bits per heavy atom. The topological polar surface area (TPSA) is 124 Å². The largest absolute Gasteiger partial charge is 0.444 e. The van der Waals surface area contributed by atoms with Crippen molar-refractivity contribution in [2.75, 3.05) is 5.73 Å². The molecule has 8 heteroatoms. The van der Waals surface area contributed by atoms with Crippen LogP contribution in [0.15, 0.2) is 22.6 Å². The molecule has 1 aromatic carbocycles. The molecule has 0 bridgehead atoms. The predicted molar refractivity (Wildman–Crippen MR) is 74.7 cm³/mol. The first-order valence-corrected chi connectivity index (χ1v) is 6.13. The Labute approximate surface area is 120 Å². The first-order chi connectivity index (χ1) is 9.88. The molecule has 1 amide bonds. The minimum atomic E-state index is -0.586. The van der Waals surface area contributed by atoms with E-state index in [1.54, 1.807) is 13.8 Å². The summed E-state index contributed by atoms with van der Waals surface area (Å²) in [4.78, 5) is 26.3. The fourth-order valence-electron chi connectivity index (χ4n) is 1.72. The number of carbonyl (C=O) groups excluding carboxylic acids is 1. The molecule has 1 aromatic heterocycles. The summed E-state index contributed by atoms with van der Waals surface area (Å²) in [6.45, 7) is 3.64. The van der Waals surface area contributed by atoms with Crippen molar-refractivity contribution in [3.63, 3.8) is 0 Å². The Hall–Kier alpha value is -2.90. The SMILES string of the molecule is Cc1nc(CNC(=O)c2cc([N+](=O)[O-])ccc2N)oc1C. The average Bonchev–Trinajstić information content (AvgIpc) is 2.75. The van der Waals surface area contributed by atoms with Gasteiger partial charge in [0.25, 0.3) is 11.6 Å². The summed E-state index contributed by atoms with van der Waals surface area (Å²) >= 11 is 0. The van der Waals surface area contributed by atoms with Crippen LogP contribution in [0.4, 0.5) is 11.4 Å². The van der Waals surface area contributed by atoms with Gasteiger partial charge in [-0.15, -0.1) is 0 Å². The quantitative estimate of drug-likeness (QED) is 0.501. The molecule has 0 aliphatic rings. The van der Waals surface area contributed by atoms with Crippen molar-refractivity contribution in [2.24, 2.45) is 0 Å². The molecule has 0 fully saturated rings. The summed E-state index contributed by atoms with van der Waals surface area (Å²) in [5.74, 6) is 0.515. The maximum absolute atomic E-state index is 12.0. The van der Waals surface area contributed by atoms with Crippen LogP contribution < -0.4 is 11.1 Å². The zero-order valence-electron chi connectivity index (χ0n) is 11.5. The molecule has 2 rings (SSSR count). The number of nitrogens with two attached hydrogens (primary N) is 1. The van der Waals surface area contributed by atoms with Crippen molar-refractivity contribution in [3.05, 3.63) is 51.2 Å². The number of anilines is 1. The van der Waals surface area contributed by atoms with Crippen LogP contribution in [0.2, 0.25) is 0 Å². The van der Waals surface area contributed by atoms with Crippen LogP contribution in [0.1, 0.15) is 27.7 Å². The maximum Gasteiger partial charge on any atom is 0.270 e. The zero-order chi connectivity index (χ0) is 15.6. The van der Waals surface area contributed by atoms with Gasteiger partial charge in [0.05, 0.1) is 22.7 Å². The molecule has 0 unspecified atom stereocenters. The number of hydrogen-bond donors (Lipinski definition) is 2. The molecule has 3 N–H and O–H groups in total. The predicted octanol–water partition coefficient (Wildman–Crippen LogP) is 1.71. The normalized spacial score (nSPS) is 10.4. The van der Waals surface area contributed by atoms with Crippen LogP contribution in [0, 0.1) is 24.0 Å². The van der Waals surface area contributed by atoms with Crippen molar-refractivity contribution >= 4 is 17.3 Å². The van der Waals surface area contributed by atoms with E-state index in [4.69, 9.17) is 10.2 Å². The number of nitrogens with one attached hydrogen (secondary N) is 1. The highest BCUT2D eigenvalue weighted by Gasteiger charge is 2.16. The first kappa shape index (κ1) is 14.5. The van der Waals surface area contributed by atoms with Gasteiger partial charge in [0.2, 0.25) is 5.89 Å². The van der Waals surface area contributed by atoms with E-state index < -0.39 is 10.8 Å². The Morgan fingerprint density at radius 3 is 2.76 bits per heavy atom. The number of aromatic nitrogens is 1. The van der Waals surface area contributed by atoms with E-state index in [1.807, 2.05) is 0 Å². The zero-order valence-corrected chi connectivity index (χ0v) is 11.5. The van der Waals surface area contributed by atoms with Gasteiger partial charge in [0.1, 0.15) is 5.76 Å². The summed E-state index contributed by atoms with van der Waals surface area (Å²) in [5, 5.41) is 13.3. The average molecular weight is 290 g/mol. The van der Waals surface area contributed by atoms with Crippen LogP contribution in [0.25, 0.3) is 0 Å². The number of hydrogen-bond acceptors (Lipinski definition) is 6. The van der Waals surface area contributed by atoms with Gasteiger partial charge < -0.3 is 15.5 Å². The lowest BCUT2D eigenvalue weighted by Gasteiger charge is -2.05.